The maximum Gasteiger partial charge on any atom is 0.165 e. The van der Waals surface area contributed by atoms with E-state index in [0.29, 0.717) is 6.54 Å². The monoisotopic (exact) mass is 320 g/mol. The van der Waals surface area contributed by atoms with E-state index >= 15 is 0 Å². The number of aromatic nitrogens is 5. The van der Waals surface area contributed by atoms with Crippen molar-refractivity contribution in [1.29, 1.82) is 0 Å². The molecule has 0 saturated carbocycles. The van der Waals surface area contributed by atoms with Crippen LogP contribution in [0, 0.1) is 6.92 Å². The quantitative estimate of drug-likeness (QED) is 0.569. The summed E-state index contributed by atoms with van der Waals surface area (Å²) in [6, 6.07) is 8.38. The van der Waals surface area contributed by atoms with E-state index in [1.165, 1.54) is 18.5 Å². The third-order valence-electron chi connectivity index (χ3n) is 5.06. The van der Waals surface area contributed by atoms with Gasteiger partial charge in [0.25, 0.3) is 0 Å². The van der Waals surface area contributed by atoms with Crippen LogP contribution in [0.5, 0.6) is 0 Å². The molecule has 6 nitrogen and oxygen atoms in total. The Balaban J connectivity index is 1.63. The highest BCUT2D eigenvalue weighted by atomic mass is 15.4. The number of aryl methyl sites for hydroxylation is 1. The molecule has 0 aliphatic carbocycles. The van der Waals surface area contributed by atoms with Gasteiger partial charge in [0.1, 0.15) is 0 Å². The molecule has 0 radical (unpaired) electrons. The first-order valence-corrected chi connectivity index (χ1v) is 8.58. The molecule has 0 unspecified atom stereocenters. The number of para-hydroxylation sites is 1. The Kier molecular flexibility index (Phi) is 3.06. The molecular formula is C18H20N6. The van der Waals surface area contributed by atoms with Gasteiger partial charge in [-0.15, -0.1) is 0 Å². The highest BCUT2D eigenvalue weighted by Crippen LogP contribution is 2.31. The lowest BCUT2D eigenvalue weighted by Gasteiger charge is -2.11. The Morgan fingerprint density at radius 3 is 2.83 bits per heavy atom. The third kappa shape index (κ3) is 2.10. The summed E-state index contributed by atoms with van der Waals surface area (Å²) >= 11 is 0. The van der Waals surface area contributed by atoms with Crippen LogP contribution in [-0.4, -0.2) is 42.3 Å². The maximum absolute atomic E-state index is 4.88. The zero-order chi connectivity index (χ0) is 16.1. The topological polar surface area (TPSA) is 51.8 Å². The first-order chi connectivity index (χ1) is 11.8. The van der Waals surface area contributed by atoms with Crippen LogP contribution in [0.1, 0.15) is 30.1 Å². The molecule has 3 aromatic rings. The van der Waals surface area contributed by atoms with E-state index in [9.17, 15) is 0 Å². The van der Waals surface area contributed by atoms with Gasteiger partial charge < -0.3 is 4.57 Å². The van der Waals surface area contributed by atoms with Crippen LogP contribution >= 0.6 is 0 Å². The zero-order valence-corrected chi connectivity index (χ0v) is 13.8. The van der Waals surface area contributed by atoms with Crippen molar-refractivity contribution in [2.24, 2.45) is 0 Å². The molecule has 0 spiro atoms. The van der Waals surface area contributed by atoms with Crippen LogP contribution in [-0.2, 0) is 13.1 Å². The second kappa shape index (κ2) is 5.27. The summed E-state index contributed by atoms with van der Waals surface area (Å²) in [7, 11) is 0. The van der Waals surface area contributed by atoms with Crippen molar-refractivity contribution < 1.29 is 0 Å². The van der Waals surface area contributed by atoms with E-state index < -0.39 is 0 Å². The molecule has 0 N–H and O–H groups in total. The molecule has 122 valence electrons. The number of hydrogen-bond acceptors (Lipinski definition) is 4. The second-order valence-electron chi connectivity index (χ2n) is 6.66. The van der Waals surface area contributed by atoms with Crippen molar-refractivity contribution in [3.63, 3.8) is 0 Å². The van der Waals surface area contributed by atoms with Gasteiger partial charge in [-0.05, 0) is 45.0 Å². The van der Waals surface area contributed by atoms with Gasteiger partial charge in [0.15, 0.2) is 11.6 Å². The minimum absolute atomic E-state index is 0.711. The molecule has 1 aromatic carbocycles. The molecular weight excluding hydrogens is 300 g/mol. The lowest BCUT2D eigenvalue weighted by molar-refractivity contribution is 0.322. The van der Waals surface area contributed by atoms with Crippen molar-refractivity contribution in [3.8, 4) is 17.1 Å². The number of fused-ring (bicyclic) bond motifs is 5. The first-order valence-electron chi connectivity index (χ1n) is 8.58. The van der Waals surface area contributed by atoms with E-state index in [1.54, 1.807) is 0 Å². The number of nitrogens with zero attached hydrogens (tertiary/aromatic N) is 6. The summed E-state index contributed by atoms with van der Waals surface area (Å²) in [6.07, 6.45) is 4.48. The van der Waals surface area contributed by atoms with Gasteiger partial charge in [-0.3, -0.25) is 4.90 Å². The highest BCUT2D eigenvalue weighted by molar-refractivity contribution is 5.69. The number of rotatable bonds is 2. The highest BCUT2D eigenvalue weighted by Gasteiger charge is 2.24. The van der Waals surface area contributed by atoms with Crippen LogP contribution in [0.2, 0.25) is 0 Å². The summed E-state index contributed by atoms with van der Waals surface area (Å²) in [5.74, 6) is 1.88. The van der Waals surface area contributed by atoms with Crippen LogP contribution in [0.25, 0.3) is 17.1 Å². The first kappa shape index (κ1) is 13.9. The van der Waals surface area contributed by atoms with Gasteiger partial charge in [0.2, 0.25) is 0 Å². The SMILES string of the molecule is Cc1ncn2c1Cn1nc(CN3CCCC3)nc1-c1ccccc1-2. The number of hydrogen-bond donors (Lipinski definition) is 0. The van der Waals surface area contributed by atoms with Crippen LogP contribution in [0.3, 0.4) is 0 Å². The molecule has 2 aliphatic rings. The number of imidazole rings is 1. The molecule has 0 atom stereocenters. The normalized spacial score (nSPS) is 16.5. The fraction of sp³-hybridized carbons (Fsp3) is 0.389. The Labute approximate surface area is 140 Å². The Bertz CT molecular complexity index is 900. The van der Waals surface area contributed by atoms with E-state index in [1.807, 2.05) is 11.0 Å². The molecule has 1 fully saturated rings. The van der Waals surface area contributed by atoms with Crippen molar-refractivity contribution in [3.05, 3.63) is 47.8 Å². The Hall–Kier alpha value is -2.47. The molecule has 0 bridgehead atoms. The molecule has 1 saturated heterocycles. The van der Waals surface area contributed by atoms with E-state index in [2.05, 4.69) is 45.6 Å². The lowest BCUT2D eigenvalue weighted by atomic mass is 10.1. The fourth-order valence-corrected chi connectivity index (χ4v) is 3.78. The second-order valence-corrected chi connectivity index (χ2v) is 6.66. The van der Waals surface area contributed by atoms with Gasteiger partial charge >= 0.3 is 0 Å². The zero-order valence-electron chi connectivity index (χ0n) is 13.8. The van der Waals surface area contributed by atoms with Gasteiger partial charge in [-0.1, -0.05) is 12.1 Å². The summed E-state index contributed by atoms with van der Waals surface area (Å²) in [5, 5.41) is 4.82. The predicted molar refractivity (Wildman–Crippen MR) is 90.9 cm³/mol. The van der Waals surface area contributed by atoms with Crippen LogP contribution in [0.4, 0.5) is 0 Å². The van der Waals surface area contributed by atoms with Crippen molar-refractivity contribution >= 4 is 0 Å². The molecule has 2 aliphatic heterocycles. The number of likely N-dealkylation sites (tertiary alicyclic amines) is 1. The largest absolute Gasteiger partial charge is 0.300 e. The average Bonchev–Trinajstić information content (AvgIpc) is 3.30. The predicted octanol–water partition coefficient (Wildman–Crippen LogP) is 2.40. The summed E-state index contributed by atoms with van der Waals surface area (Å²) in [6.45, 7) is 5.93. The smallest absolute Gasteiger partial charge is 0.165 e. The van der Waals surface area contributed by atoms with Gasteiger partial charge in [0.05, 0.1) is 36.5 Å². The Morgan fingerprint density at radius 1 is 1.12 bits per heavy atom. The van der Waals surface area contributed by atoms with Gasteiger partial charge in [-0.25, -0.2) is 14.6 Å². The van der Waals surface area contributed by atoms with Crippen LogP contribution < -0.4 is 0 Å². The van der Waals surface area contributed by atoms with Crippen LogP contribution in [0.15, 0.2) is 30.6 Å². The van der Waals surface area contributed by atoms with Crippen molar-refractivity contribution in [2.75, 3.05) is 13.1 Å². The molecule has 4 heterocycles. The van der Waals surface area contributed by atoms with Gasteiger partial charge in [-0.2, -0.15) is 5.10 Å². The lowest BCUT2D eigenvalue weighted by Crippen LogP contribution is -2.19. The van der Waals surface area contributed by atoms with Crippen molar-refractivity contribution in [2.45, 2.75) is 32.9 Å². The minimum atomic E-state index is 0.711. The summed E-state index contributed by atoms with van der Waals surface area (Å²) in [4.78, 5) is 11.8. The molecule has 2 aromatic heterocycles. The summed E-state index contributed by atoms with van der Waals surface area (Å²) in [5.41, 5.74) is 4.48. The third-order valence-corrected chi connectivity index (χ3v) is 5.06. The van der Waals surface area contributed by atoms with Gasteiger partial charge in [0, 0.05) is 5.56 Å². The molecule has 24 heavy (non-hydrogen) atoms. The average molecular weight is 320 g/mol. The standard InChI is InChI=1S/C18H20N6/c1-13-16-10-24-18(20-17(21-24)11-22-8-4-5-9-22)14-6-2-3-7-15(14)23(16)12-19-13/h2-3,6-7,12H,4-5,8-11H2,1H3. The number of benzene rings is 1. The molecule has 6 heteroatoms. The van der Waals surface area contributed by atoms with E-state index in [0.717, 1.165) is 48.2 Å². The fourth-order valence-electron chi connectivity index (χ4n) is 3.78. The molecule has 0 amide bonds. The Morgan fingerprint density at radius 2 is 1.96 bits per heavy atom. The molecule has 5 rings (SSSR count). The van der Waals surface area contributed by atoms with E-state index in [4.69, 9.17) is 10.1 Å². The summed E-state index contributed by atoms with van der Waals surface area (Å²) < 4.78 is 4.21. The minimum Gasteiger partial charge on any atom is -0.300 e. The van der Waals surface area contributed by atoms with E-state index in [-0.39, 0.29) is 0 Å². The maximum atomic E-state index is 4.88. The van der Waals surface area contributed by atoms with Crippen molar-refractivity contribution in [1.82, 2.24) is 29.2 Å².